The minimum absolute atomic E-state index is 0.0677. The number of ether oxygens (including phenoxy) is 1. The first-order valence-corrected chi connectivity index (χ1v) is 3.52. The van der Waals surface area contributed by atoms with E-state index in [1.165, 1.54) is 0 Å². The number of carbonyl (C=O) groups is 1. The van der Waals surface area contributed by atoms with Crippen LogP contribution in [0, 0.1) is 5.41 Å². The normalized spacial score (nSPS) is 12.2. The Hall–Kier alpha value is -1.06. The maximum Gasteiger partial charge on any atom is 0.312 e. The summed E-state index contributed by atoms with van der Waals surface area (Å²) in [6.07, 6.45) is 0.383. The number of carboxylic acids is 1. The van der Waals surface area contributed by atoms with Gasteiger partial charge < -0.3 is 9.84 Å². The van der Waals surface area contributed by atoms with Crippen molar-refractivity contribution in [1.29, 1.82) is 5.41 Å². The molecule has 0 aromatic heterocycles. The summed E-state index contributed by atoms with van der Waals surface area (Å²) in [5.41, 5.74) is 0. The molecule has 0 saturated carbocycles. The Morgan fingerprint density at radius 1 is 1.73 bits per heavy atom. The summed E-state index contributed by atoms with van der Waals surface area (Å²) in [6, 6.07) is 0. The number of nitrogens with one attached hydrogen (secondary N) is 1. The SMILES string of the molecule is CCC(C)OC(=N)CC(=O)O. The van der Waals surface area contributed by atoms with Crippen molar-refractivity contribution in [2.75, 3.05) is 0 Å². The molecule has 0 bridgehead atoms. The van der Waals surface area contributed by atoms with Crippen LogP contribution in [-0.4, -0.2) is 23.1 Å². The van der Waals surface area contributed by atoms with E-state index < -0.39 is 5.97 Å². The van der Waals surface area contributed by atoms with Gasteiger partial charge in [-0.15, -0.1) is 0 Å². The maximum atomic E-state index is 10.1. The van der Waals surface area contributed by atoms with Crippen LogP contribution in [0.4, 0.5) is 0 Å². The van der Waals surface area contributed by atoms with Crippen molar-refractivity contribution in [3.8, 4) is 0 Å². The molecule has 1 atom stereocenters. The van der Waals surface area contributed by atoms with Crippen molar-refractivity contribution in [2.24, 2.45) is 0 Å². The summed E-state index contributed by atoms with van der Waals surface area (Å²) in [5.74, 6) is -1.20. The molecule has 0 aromatic rings. The second kappa shape index (κ2) is 4.71. The minimum Gasteiger partial charge on any atom is -0.481 e. The molecule has 0 aromatic carbocycles. The van der Waals surface area contributed by atoms with Gasteiger partial charge in [0.25, 0.3) is 0 Å². The Kier molecular flexibility index (Phi) is 4.26. The van der Waals surface area contributed by atoms with E-state index in [1.807, 2.05) is 6.92 Å². The molecule has 0 aliphatic carbocycles. The highest BCUT2D eigenvalue weighted by molar-refractivity contribution is 5.91. The van der Waals surface area contributed by atoms with Crippen molar-refractivity contribution in [3.05, 3.63) is 0 Å². The molecule has 64 valence electrons. The topological polar surface area (TPSA) is 70.4 Å². The molecule has 0 rings (SSSR count). The summed E-state index contributed by atoms with van der Waals surface area (Å²) in [4.78, 5) is 10.1. The van der Waals surface area contributed by atoms with Crippen LogP contribution in [0.1, 0.15) is 26.7 Å². The number of hydrogen-bond donors (Lipinski definition) is 2. The summed E-state index contributed by atoms with van der Waals surface area (Å²) in [5, 5.41) is 15.3. The standard InChI is InChI=1S/C7H13NO3/c1-3-5(2)11-6(8)4-7(9)10/h5,8H,3-4H2,1-2H3,(H,9,10). The third-order valence-electron chi connectivity index (χ3n) is 1.23. The molecule has 0 spiro atoms. The zero-order valence-corrected chi connectivity index (χ0v) is 6.76. The van der Waals surface area contributed by atoms with Crippen LogP contribution in [0.15, 0.2) is 0 Å². The van der Waals surface area contributed by atoms with E-state index in [1.54, 1.807) is 6.92 Å². The van der Waals surface area contributed by atoms with Crippen LogP contribution < -0.4 is 0 Å². The van der Waals surface area contributed by atoms with Crippen molar-refractivity contribution >= 4 is 11.9 Å². The Bertz CT molecular complexity index is 156. The molecule has 2 N–H and O–H groups in total. The molecule has 0 heterocycles. The van der Waals surface area contributed by atoms with Crippen LogP contribution in [0.3, 0.4) is 0 Å². The Balaban J connectivity index is 3.60. The third-order valence-corrected chi connectivity index (χ3v) is 1.23. The van der Waals surface area contributed by atoms with E-state index in [0.717, 1.165) is 6.42 Å². The Morgan fingerprint density at radius 3 is 2.64 bits per heavy atom. The van der Waals surface area contributed by atoms with E-state index in [4.69, 9.17) is 15.3 Å². The highest BCUT2D eigenvalue weighted by Gasteiger charge is 2.07. The summed E-state index contributed by atoms with van der Waals surface area (Å²) in [6.45, 7) is 3.72. The van der Waals surface area contributed by atoms with E-state index in [0.29, 0.717) is 0 Å². The zero-order valence-electron chi connectivity index (χ0n) is 6.76. The van der Waals surface area contributed by atoms with Crippen molar-refractivity contribution in [3.63, 3.8) is 0 Å². The van der Waals surface area contributed by atoms with Crippen molar-refractivity contribution in [1.82, 2.24) is 0 Å². The number of rotatable bonds is 4. The molecule has 0 radical (unpaired) electrons. The molecule has 11 heavy (non-hydrogen) atoms. The van der Waals surface area contributed by atoms with E-state index in [-0.39, 0.29) is 18.4 Å². The second-order valence-electron chi connectivity index (χ2n) is 2.33. The predicted molar refractivity (Wildman–Crippen MR) is 40.8 cm³/mol. The van der Waals surface area contributed by atoms with Gasteiger partial charge in [-0.3, -0.25) is 10.2 Å². The minimum atomic E-state index is -1.03. The summed E-state index contributed by atoms with van der Waals surface area (Å²) < 4.78 is 4.91. The Labute approximate surface area is 65.7 Å². The molecule has 4 nitrogen and oxygen atoms in total. The largest absolute Gasteiger partial charge is 0.481 e. The van der Waals surface area contributed by atoms with Gasteiger partial charge in [-0.05, 0) is 13.3 Å². The highest BCUT2D eigenvalue weighted by Crippen LogP contribution is 1.98. The van der Waals surface area contributed by atoms with Gasteiger partial charge in [0.1, 0.15) is 6.42 Å². The fourth-order valence-corrected chi connectivity index (χ4v) is 0.505. The highest BCUT2D eigenvalue weighted by atomic mass is 16.5. The number of hydrogen-bond acceptors (Lipinski definition) is 3. The average Bonchev–Trinajstić information content (AvgIpc) is 1.85. The lowest BCUT2D eigenvalue weighted by Gasteiger charge is -2.11. The molecule has 0 fully saturated rings. The second-order valence-corrected chi connectivity index (χ2v) is 2.33. The molecule has 0 saturated heterocycles. The van der Waals surface area contributed by atoms with Crippen LogP contribution in [-0.2, 0) is 9.53 Å². The van der Waals surface area contributed by atoms with E-state index in [2.05, 4.69) is 0 Å². The lowest BCUT2D eigenvalue weighted by molar-refractivity contribution is -0.135. The third kappa shape index (κ3) is 5.39. The van der Waals surface area contributed by atoms with Crippen LogP contribution in [0.5, 0.6) is 0 Å². The quantitative estimate of drug-likeness (QED) is 0.479. The molecule has 0 aliphatic heterocycles. The van der Waals surface area contributed by atoms with Gasteiger partial charge in [-0.2, -0.15) is 0 Å². The smallest absolute Gasteiger partial charge is 0.312 e. The van der Waals surface area contributed by atoms with Crippen LogP contribution >= 0.6 is 0 Å². The van der Waals surface area contributed by atoms with E-state index >= 15 is 0 Å². The molecular formula is C7H13NO3. The lowest BCUT2D eigenvalue weighted by atomic mass is 10.3. The summed E-state index contributed by atoms with van der Waals surface area (Å²) in [7, 11) is 0. The lowest BCUT2D eigenvalue weighted by Crippen LogP contribution is -2.16. The van der Waals surface area contributed by atoms with Gasteiger partial charge in [0.2, 0.25) is 0 Å². The van der Waals surface area contributed by atoms with Gasteiger partial charge in [-0.25, -0.2) is 0 Å². The zero-order chi connectivity index (χ0) is 8.85. The predicted octanol–water partition coefficient (Wildman–Crippen LogP) is 1.25. The fraction of sp³-hybridized carbons (Fsp3) is 0.714. The molecular weight excluding hydrogens is 146 g/mol. The molecule has 0 amide bonds. The number of aliphatic carboxylic acids is 1. The van der Waals surface area contributed by atoms with Crippen molar-refractivity contribution in [2.45, 2.75) is 32.8 Å². The first-order valence-electron chi connectivity index (χ1n) is 3.52. The van der Waals surface area contributed by atoms with Gasteiger partial charge in [0.15, 0.2) is 5.90 Å². The Morgan fingerprint density at radius 2 is 2.27 bits per heavy atom. The maximum absolute atomic E-state index is 10.1. The first-order chi connectivity index (χ1) is 5.06. The average molecular weight is 159 g/mol. The monoisotopic (exact) mass is 159 g/mol. The molecule has 0 aliphatic rings. The summed E-state index contributed by atoms with van der Waals surface area (Å²) >= 11 is 0. The van der Waals surface area contributed by atoms with Crippen molar-refractivity contribution < 1.29 is 14.6 Å². The van der Waals surface area contributed by atoms with E-state index in [9.17, 15) is 4.79 Å². The molecule has 4 heteroatoms. The number of carboxylic acid groups (broad SMARTS) is 1. The first kappa shape index (κ1) is 9.94. The molecule has 1 unspecified atom stereocenters. The van der Waals surface area contributed by atoms with Gasteiger partial charge in [0.05, 0.1) is 6.10 Å². The van der Waals surface area contributed by atoms with Gasteiger partial charge in [-0.1, -0.05) is 6.92 Å². The van der Waals surface area contributed by atoms with Crippen LogP contribution in [0.25, 0.3) is 0 Å². The van der Waals surface area contributed by atoms with Gasteiger partial charge >= 0.3 is 5.97 Å². The fourth-order valence-electron chi connectivity index (χ4n) is 0.505. The van der Waals surface area contributed by atoms with Crippen LogP contribution in [0.2, 0.25) is 0 Å². The van der Waals surface area contributed by atoms with Gasteiger partial charge in [0, 0.05) is 0 Å².